The van der Waals surface area contributed by atoms with E-state index in [9.17, 15) is 9.59 Å². The lowest BCUT2D eigenvalue weighted by Gasteiger charge is -2.16. The smallest absolute Gasteiger partial charge is 0.354 e. The molecule has 1 aromatic heterocycles. The molecule has 126 valence electrons. The van der Waals surface area contributed by atoms with E-state index in [1.807, 2.05) is 59.8 Å². The fourth-order valence-corrected chi connectivity index (χ4v) is 3.01. The molecule has 2 heterocycles. The third-order valence-electron chi connectivity index (χ3n) is 4.54. The van der Waals surface area contributed by atoms with E-state index in [2.05, 4.69) is 0 Å². The molecule has 1 amide bonds. The molecule has 0 radical (unpaired) electrons. The Labute approximate surface area is 141 Å². The molecule has 0 unspecified atom stereocenters. The number of carbonyl (C=O) groups excluding carboxylic acids is 2. The number of hydrogen-bond donors (Lipinski definition) is 0. The van der Waals surface area contributed by atoms with Gasteiger partial charge in [0, 0.05) is 38.2 Å². The summed E-state index contributed by atoms with van der Waals surface area (Å²) in [6.07, 6.45) is 0.437. The number of aryl methyl sites for hydroxylation is 1. The minimum Gasteiger partial charge on any atom is -0.461 e. The van der Waals surface area contributed by atoms with E-state index in [0.717, 1.165) is 11.3 Å². The number of carbonyl (C=O) groups is 2. The van der Waals surface area contributed by atoms with Gasteiger partial charge in [-0.25, -0.2) is 4.79 Å². The number of benzene rings is 1. The molecule has 1 atom stereocenters. The van der Waals surface area contributed by atoms with Crippen LogP contribution in [0, 0.1) is 12.8 Å². The van der Waals surface area contributed by atoms with Gasteiger partial charge >= 0.3 is 5.97 Å². The number of aromatic nitrogens is 1. The molecule has 1 aliphatic heterocycles. The van der Waals surface area contributed by atoms with Crippen LogP contribution in [-0.4, -0.2) is 34.5 Å². The van der Waals surface area contributed by atoms with Crippen molar-refractivity contribution in [2.75, 3.05) is 13.2 Å². The van der Waals surface area contributed by atoms with Crippen molar-refractivity contribution < 1.29 is 14.3 Å². The van der Waals surface area contributed by atoms with E-state index in [4.69, 9.17) is 4.74 Å². The van der Waals surface area contributed by atoms with Crippen LogP contribution in [0.2, 0.25) is 0 Å². The van der Waals surface area contributed by atoms with Gasteiger partial charge in [0.25, 0.3) is 0 Å². The highest BCUT2D eigenvalue weighted by atomic mass is 16.5. The van der Waals surface area contributed by atoms with Crippen molar-refractivity contribution in [2.24, 2.45) is 13.0 Å². The van der Waals surface area contributed by atoms with Crippen LogP contribution in [0.3, 0.4) is 0 Å². The van der Waals surface area contributed by atoms with Crippen molar-refractivity contribution in [3.8, 4) is 0 Å². The van der Waals surface area contributed by atoms with Crippen LogP contribution < -0.4 is 0 Å². The second-order valence-electron chi connectivity index (χ2n) is 6.35. The molecule has 1 aliphatic rings. The first-order chi connectivity index (χ1) is 11.5. The summed E-state index contributed by atoms with van der Waals surface area (Å²) in [6.45, 7) is 3.46. The quantitative estimate of drug-likeness (QED) is 0.794. The van der Waals surface area contributed by atoms with E-state index in [1.165, 1.54) is 0 Å². The standard InChI is InChI=1S/C19H22N2O3/c1-14-8-9-17(20(14)2)19(23)24-13-16-10-18(22)21(12-16)11-15-6-4-3-5-7-15/h3-9,16H,10-13H2,1-2H3/t16-/m1/s1. The van der Waals surface area contributed by atoms with Gasteiger partial charge in [-0.1, -0.05) is 30.3 Å². The molecule has 1 fully saturated rings. The lowest BCUT2D eigenvalue weighted by atomic mass is 10.1. The Morgan fingerprint density at radius 1 is 1.21 bits per heavy atom. The minimum atomic E-state index is -0.334. The Morgan fingerprint density at radius 2 is 1.96 bits per heavy atom. The Kier molecular flexibility index (Phi) is 4.69. The molecule has 24 heavy (non-hydrogen) atoms. The molecule has 0 aliphatic carbocycles. The van der Waals surface area contributed by atoms with Gasteiger partial charge < -0.3 is 14.2 Å². The van der Waals surface area contributed by atoms with Crippen molar-refractivity contribution in [1.82, 2.24) is 9.47 Å². The van der Waals surface area contributed by atoms with Gasteiger partial charge in [-0.15, -0.1) is 0 Å². The summed E-state index contributed by atoms with van der Waals surface area (Å²) < 4.78 is 7.22. The number of likely N-dealkylation sites (tertiary alicyclic amines) is 1. The zero-order chi connectivity index (χ0) is 17.1. The largest absolute Gasteiger partial charge is 0.461 e. The fourth-order valence-electron chi connectivity index (χ4n) is 3.01. The zero-order valence-electron chi connectivity index (χ0n) is 14.1. The molecule has 3 rings (SSSR count). The van der Waals surface area contributed by atoms with Gasteiger partial charge in [-0.3, -0.25) is 4.79 Å². The average Bonchev–Trinajstić information content (AvgIpc) is 3.09. The Bertz CT molecular complexity index is 736. The van der Waals surface area contributed by atoms with Crippen LogP contribution in [0.4, 0.5) is 0 Å². The SMILES string of the molecule is Cc1ccc(C(=O)OC[C@@H]2CC(=O)N(Cc3ccccc3)C2)n1C. The van der Waals surface area contributed by atoms with Gasteiger partial charge in [0.1, 0.15) is 5.69 Å². The highest BCUT2D eigenvalue weighted by molar-refractivity contribution is 5.88. The lowest BCUT2D eigenvalue weighted by molar-refractivity contribution is -0.128. The van der Waals surface area contributed by atoms with Crippen LogP contribution in [0.5, 0.6) is 0 Å². The summed E-state index contributed by atoms with van der Waals surface area (Å²) in [5.41, 5.74) is 2.66. The summed E-state index contributed by atoms with van der Waals surface area (Å²) in [6, 6.07) is 13.6. The normalized spacial score (nSPS) is 17.3. The van der Waals surface area contributed by atoms with Gasteiger partial charge in [0.2, 0.25) is 5.91 Å². The molecule has 0 N–H and O–H groups in total. The molecule has 5 heteroatoms. The number of ether oxygens (including phenoxy) is 1. The summed E-state index contributed by atoms with van der Waals surface area (Å²) in [5.74, 6) is -0.152. The van der Waals surface area contributed by atoms with E-state index in [0.29, 0.717) is 25.2 Å². The summed E-state index contributed by atoms with van der Waals surface area (Å²) in [4.78, 5) is 26.1. The molecular weight excluding hydrogens is 304 g/mol. The monoisotopic (exact) mass is 326 g/mol. The average molecular weight is 326 g/mol. The summed E-state index contributed by atoms with van der Waals surface area (Å²) in [7, 11) is 1.84. The Balaban J connectivity index is 1.53. The predicted molar refractivity (Wildman–Crippen MR) is 90.4 cm³/mol. The number of amides is 1. The second kappa shape index (κ2) is 6.91. The van der Waals surface area contributed by atoms with Crippen molar-refractivity contribution >= 4 is 11.9 Å². The number of esters is 1. The molecular formula is C19H22N2O3. The van der Waals surface area contributed by atoms with Crippen LogP contribution in [0.15, 0.2) is 42.5 Å². The van der Waals surface area contributed by atoms with Crippen LogP contribution >= 0.6 is 0 Å². The fraction of sp³-hybridized carbons (Fsp3) is 0.368. The third-order valence-corrected chi connectivity index (χ3v) is 4.54. The maximum atomic E-state index is 12.1. The topological polar surface area (TPSA) is 51.5 Å². The van der Waals surface area contributed by atoms with Gasteiger partial charge in [0.15, 0.2) is 0 Å². The third kappa shape index (κ3) is 3.50. The number of nitrogens with zero attached hydrogens (tertiary/aromatic N) is 2. The van der Waals surface area contributed by atoms with Crippen LogP contribution in [-0.2, 0) is 23.1 Å². The number of hydrogen-bond acceptors (Lipinski definition) is 3. The molecule has 0 spiro atoms. The van der Waals surface area contributed by atoms with Crippen LogP contribution in [0.25, 0.3) is 0 Å². The number of rotatable bonds is 5. The Morgan fingerprint density at radius 3 is 2.62 bits per heavy atom. The van der Waals surface area contributed by atoms with Crippen molar-refractivity contribution in [2.45, 2.75) is 19.9 Å². The van der Waals surface area contributed by atoms with Crippen LogP contribution in [0.1, 0.15) is 28.2 Å². The first-order valence-corrected chi connectivity index (χ1v) is 8.15. The first kappa shape index (κ1) is 16.3. The maximum Gasteiger partial charge on any atom is 0.354 e. The summed E-state index contributed by atoms with van der Waals surface area (Å²) >= 11 is 0. The van der Waals surface area contributed by atoms with Crippen molar-refractivity contribution in [1.29, 1.82) is 0 Å². The highest BCUT2D eigenvalue weighted by Gasteiger charge is 2.30. The molecule has 1 aromatic carbocycles. The van der Waals surface area contributed by atoms with Crippen molar-refractivity contribution in [3.63, 3.8) is 0 Å². The Hall–Kier alpha value is -2.56. The van der Waals surface area contributed by atoms with E-state index in [1.54, 1.807) is 6.07 Å². The zero-order valence-corrected chi connectivity index (χ0v) is 14.1. The second-order valence-corrected chi connectivity index (χ2v) is 6.35. The lowest BCUT2D eigenvalue weighted by Crippen LogP contribution is -2.25. The van der Waals surface area contributed by atoms with E-state index >= 15 is 0 Å². The van der Waals surface area contributed by atoms with Gasteiger partial charge in [0.05, 0.1) is 6.61 Å². The van der Waals surface area contributed by atoms with Gasteiger partial charge in [-0.2, -0.15) is 0 Å². The molecule has 0 bridgehead atoms. The minimum absolute atomic E-state index is 0.0616. The predicted octanol–water partition coefficient (Wildman–Crippen LogP) is 2.54. The molecule has 5 nitrogen and oxygen atoms in total. The molecule has 1 saturated heterocycles. The van der Waals surface area contributed by atoms with E-state index in [-0.39, 0.29) is 24.4 Å². The first-order valence-electron chi connectivity index (χ1n) is 8.15. The molecule has 0 saturated carbocycles. The highest BCUT2D eigenvalue weighted by Crippen LogP contribution is 2.21. The van der Waals surface area contributed by atoms with Gasteiger partial charge in [-0.05, 0) is 24.6 Å². The van der Waals surface area contributed by atoms with Crippen molar-refractivity contribution in [3.05, 3.63) is 59.4 Å². The molecule has 2 aromatic rings. The summed E-state index contributed by atoms with van der Waals surface area (Å²) in [5, 5.41) is 0. The maximum absolute atomic E-state index is 12.1. The van der Waals surface area contributed by atoms with E-state index < -0.39 is 0 Å².